The minimum Gasteiger partial charge on any atom is -0.215 e. The van der Waals surface area contributed by atoms with Gasteiger partial charge in [0, 0.05) is 0 Å². The Morgan fingerprint density at radius 2 is 1.00 bits per heavy atom. The van der Waals surface area contributed by atoms with Crippen LogP contribution < -0.4 is 0 Å². The van der Waals surface area contributed by atoms with E-state index in [0.29, 0.717) is 0 Å². The highest BCUT2D eigenvalue weighted by molar-refractivity contribution is 9.07. The second-order valence-corrected chi connectivity index (χ2v) is 17.0. The zero-order valence-electron chi connectivity index (χ0n) is 9.39. The molecule has 2 unspecified atom stereocenters. The molecule has 0 N–H and O–H groups in total. The quantitative estimate of drug-likeness (QED) is 0.536. The molecule has 2 heteroatoms. The van der Waals surface area contributed by atoms with Crippen molar-refractivity contribution in [2.75, 3.05) is 36.5 Å². The van der Waals surface area contributed by atoms with Crippen LogP contribution in [0.5, 0.6) is 0 Å². The summed E-state index contributed by atoms with van der Waals surface area (Å²) >= 11 is 0. The summed E-state index contributed by atoms with van der Waals surface area (Å²) < 4.78 is 0. The van der Waals surface area contributed by atoms with Gasteiger partial charge in [-0.1, -0.05) is 13.8 Å². The van der Waals surface area contributed by atoms with Gasteiger partial charge in [0.05, 0.1) is 0 Å². The fourth-order valence-electron chi connectivity index (χ4n) is 1.96. The van der Waals surface area contributed by atoms with Gasteiger partial charge in [-0.25, -0.2) is 18.1 Å². The maximum atomic E-state index is 2.55. The molecular formula is C10H24S2. The summed E-state index contributed by atoms with van der Waals surface area (Å²) in [6.07, 6.45) is 10.2. The van der Waals surface area contributed by atoms with Gasteiger partial charge in [-0.2, -0.15) is 0 Å². The average Bonchev–Trinajstić information content (AvgIpc) is 1.82. The van der Waals surface area contributed by atoms with Crippen LogP contribution in [0.25, 0.3) is 0 Å². The first-order chi connectivity index (χ1) is 5.26. The van der Waals surface area contributed by atoms with Crippen LogP contribution in [0.1, 0.15) is 13.8 Å². The summed E-state index contributed by atoms with van der Waals surface area (Å²) in [6.45, 7) is 4.88. The summed E-state index contributed by atoms with van der Waals surface area (Å²) in [6, 6.07) is 0. The lowest BCUT2D eigenvalue weighted by Gasteiger charge is -2.58. The average molecular weight is 208 g/mol. The molecule has 0 radical (unpaired) electrons. The maximum Gasteiger partial charge on any atom is -0.0132 e. The van der Waals surface area contributed by atoms with Crippen molar-refractivity contribution < 1.29 is 0 Å². The van der Waals surface area contributed by atoms with E-state index in [0.717, 1.165) is 11.8 Å². The molecule has 0 aliphatic carbocycles. The molecule has 1 rings (SSSR count). The van der Waals surface area contributed by atoms with Crippen molar-refractivity contribution in [1.29, 1.82) is 0 Å². The normalized spacial score (nSPS) is 44.8. The highest BCUT2D eigenvalue weighted by Crippen LogP contribution is 2.77. The first-order valence-corrected chi connectivity index (χ1v) is 10.4. The minimum atomic E-state index is -0.260. The van der Waals surface area contributed by atoms with E-state index >= 15 is 0 Å². The molecular weight excluding hydrogens is 184 g/mol. The third-order valence-electron chi connectivity index (χ3n) is 3.52. The number of hydrogen-bond acceptors (Lipinski definition) is 0. The third kappa shape index (κ3) is 1.79. The lowest BCUT2D eigenvalue weighted by atomic mass is 10.0. The molecule has 0 bridgehead atoms. The van der Waals surface area contributed by atoms with Gasteiger partial charge in [0.15, 0.2) is 0 Å². The minimum absolute atomic E-state index is 0.260. The number of hydrogen-bond donors (Lipinski definition) is 0. The summed E-state index contributed by atoms with van der Waals surface area (Å²) in [5.74, 6) is 4.96. The summed E-state index contributed by atoms with van der Waals surface area (Å²) in [5.41, 5.74) is 0. The van der Waals surface area contributed by atoms with Crippen LogP contribution >= 0.6 is 18.1 Å². The molecule has 1 heterocycles. The van der Waals surface area contributed by atoms with E-state index in [2.05, 4.69) is 38.9 Å². The van der Waals surface area contributed by atoms with Gasteiger partial charge in [-0.05, 0) is 48.4 Å². The van der Waals surface area contributed by atoms with E-state index in [4.69, 9.17) is 0 Å². The Bertz CT molecular complexity index is 153. The molecule has 0 nitrogen and oxygen atoms in total. The second kappa shape index (κ2) is 3.13. The fourth-order valence-corrected chi connectivity index (χ4v) is 9.39. The van der Waals surface area contributed by atoms with E-state index < -0.39 is 0 Å². The van der Waals surface area contributed by atoms with E-state index in [1.807, 2.05) is 0 Å². The predicted molar refractivity (Wildman–Crippen MR) is 66.9 cm³/mol. The first kappa shape index (κ1) is 10.8. The maximum absolute atomic E-state index is 2.55. The first-order valence-electron chi connectivity index (χ1n) is 4.68. The largest absolute Gasteiger partial charge is 0.215 e. The Hall–Kier alpha value is 0.700. The molecule has 0 saturated carbocycles. The van der Waals surface area contributed by atoms with Crippen LogP contribution in [0.3, 0.4) is 0 Å². The summed E-state index contributed by atoms with van der Waals surface area (Å²) in [4.78, 5) is 0. The van der Waals surface area contributed by atoms with Crippen molar-refractivity contribution in [2.45, 2.75) is 13.8 Å². The molecule has 1 fully saturated rings. The smallest absolute Gasteiger partial charge is 0.0132 e. The molecule has 0 aromatic carbocycles. The molecule has 76 valence electrons. The van der Waals surface area contributed by atoms with Crippen LogP contribution in [0.2, 0.25) is 0 Å². The Morgan fingerprint density at radius 1 is 0.750 bits per heavy atom. The lowest BCUT2D eigenvalue weighted by Crippen LogP contribution is -2.31. The van der Waals surface area contributed by atoms with Gasteiger partial charge in [0.25, 0.3) is 0 Å². The van der Waals surface area contributed by atoms with Crippen molar-refractivity contribution in [3.05, 3.63) is 0 Å². The molecule has 1 aliphatic heterocycles. The van der Waals surface area contributed by atoms with Gasteiger partial charge in [-0.3, -0.25) is 0 Å². The molecule has 0 aromatic rings. The summed E-state index contributed by atoms with van der Waals surface area (Å²) in [5, 5.41) is 0. The lowest BCUT2D eigenvalue weighted by molar-refractivity contribution is 0.466. The van der Waals surface area contributed by atoms with E-state index in [1.54, 1.807) is 0 Å². The Labute approximate surface area is 80.5 Å². The van der Waals surface area contributed by atoms with Crippen molar-refractivity contribution in [2.24, 2.45) is 11.8 Å². The molecule has 12 heavy (non-hydrogen) atoms. The van der Waals surface area contributed by atoms with Crippen molar-refractivity contribution in [1.82, 2.24) is 0 Å². The van der Waals surface area contributed by atoms with Gasteiger partial charge in [0.2, 0.25) is 0 Å². The second-order valence-electron chi connectivity index (χ2n) is 5.16. The molecule has 1 saturated heterocycles. The van der Waals surface area contributed by atoms with Gasteiger partial charge >= 0.3 is 0 Å². The summed E-state index contributed by atoms with van der Waals surface area (Å²) in [7, 11) is -0.520. The Morgan fingerprint density at radius 3 is 1.25 bits per heavy atom. The monoisotopic (exact) mass is 208 g/mol. The number of rotatable bonds is 0. The van der Waals surface area contributed by atoms with Crippen molar-refractivity contribution >= 4 is 18.1 Å². The van der Waals surface area contributed by atoms with E-state index in [1.165, 1.54) is 11.5 Å². The molecule has 0 amide bonds. The van der Waals surface area contributed by atoms with Crippen LogP contribution in [0.4, 0.5) is 0 Å². The van der Waals surface area contributed by atoms with Crippen LogP contribution in [0, 0.1) is 11.8 Å². The zero-order chi connectivity index (χ0) is 9.57. The van der Waals surface area contributed by atoms with Gasteiger partial charge in [-0.15, -0.1) is 0 Å². The molecule has 0 spiro atoms. The highest BCUT2D eigenvalue weighted by Gasteiger charge is 2.37. The van der Waals surface area contributed by atoms with E-state index in [9.17, 15) is 0 Å². The van der Waals surface area contributed by atoms with Gasteiger partial charge < -0.3 is 0 Å². The van der Waals surface area contributed by atoms with Crippen molar-refractivity contribution in [3.8, 4) is 0 Å². The standard InChI is InChI=1S/C10H24S2/c1-9-7-11(3,4)12(5,6)8-10(9)2/h9-10H,7-8H2,1-6H3. The van der Waals surface area contributed by atoms with E-state index in [-0.39, 0.29) is 18.1 Å². The Kier molecular flexibility index (Phi) is 2.81. The van der Waals surface area contributed by atoms with Gasteiger partial charge in [0.1, 0.15) is 0 Å². The SMILES string of the molecule is CC1CS(C)(C)S(C)(C)CC1C. The topological polar surface area (TPSA) is 0 Å². The molecule has 0 aromatic heterocycles. The van der Waals surface area contributed by atoms with Crippen molar-refractivity contribution in [3.63, 3.8) is 0 Å². The van der Waals surface area contributed by atoms with Crippen LogP contribution in [0.15, 0.2) is 0 Å². The molecule has 1 aliphatic rings. The molecule has 2 atom stereocenters. The third-order valence-corrected chi connectivity index (χ3v) is 16.8. The fraction of sp³-hybridized carbons (Fsp3) is 1.00. The van der Waals surface area contributed by atoms with Crippen LogP contribution in [-0.2, 0) is 0 Å². The zero-order valence-corrected chi connectivity index (χ0v) is 11.0. The Balaban J connectivity index is 2.80. The highest BCUT2D eigenvalue weighted by atomic mass is 33.2. The predicted octanol–water partition coefficient (Wildman–Crippen LogP) is 3.32. The van der Waals surface area contributed by atoms with Crippen LogP contribution in [-0.4, -0.2) is 36.5 Å².